The highest BCUT2D eigenvalue weighted by atomic mass is 16.5. The fourth-order valence-corrected chi connectivity index (χ4v) is 3.25. The van der Waals surface area contributed by atoms with Gasteiger partial charge in [-0.15, -0.1) is 0 Å². The van der Waals surface area contributed by atoms with Gasteiger partial charge in [-0.25, -0.2) is 4.79 Å². The highest BCUT2D eigenvalue weighted by Gasteiger charge is 2.22. The molecular formula is C37H84N6O6. The van der Waals surface area contributed by atoms with Gasteiger partial charge < -0.3 is 46.6 Å². The third-order valence-corrected chi connectivity index (χ3v) is 5.40. The van der Waals surface area contributed by atoms with E-state index in [0.29, 0.717) is 26.0 Å². The van der Waals surface area contributed by atoms with Crippen molar-refractivity contribution in [3.8, 4) is 0 Å². The van der Waals surface area contributed by atoms with Crippen molar-refractivity contribution in [2.45, 2.75) is 141 Å². The van der Waals surface area contributed by atoms with Crippen molar-refractivity contribution >= 4 is 30.9 Å². The Labute approximate surface area is 303 Å². The number of hydrogen-bond acceptors (Lipinski definition) is 8. The van der Waals surface area contributed by atoms with Gasteiger partial charge in [0.15, 0.2) is 0 Å². The Morgan fingerprint density at radius 1 is 0.776 bits per heavy atom. The number of hydrogen-bond donors (Lipinski definition) is 6. The van der Waals surface area contributed by atoms with Gasteiger partial charge in [0, 0.05) is 36.9 Å². The van der Waals surface area contributed by atoms with Gasteiger partial charge in [0.25, 0.3) is 0 Å². The smallest absolute Gasteiger partial charge is 0.312 e. The number of ether oxygens (including phenoxy) is 1. The van der Waals surface area contributed by atoms with E-state index in [0.717, 1.165) is 45.1 Å². The number of amides is 4. The molecule has 0 bridgehead atoms. The Morgan fingerprint density at radius 3 is 1.57 bits per heavy atom. The molecule has 0 saturated carbocycles. The molecule has 0 fully saturated rings. The van der Waals surface area contributed by atoms with Gasteiger partial charge in [0.05, 0.1) is 25.8 Å². The summed E-state index contributed by atoms with van der Waals surface area (Å²) in [5.74, 6) is 0.0984. The second-order valence-corrected chi connectivity index (χ2v) is 12.4. The van der Waals surface area contributed by atoms with Crippen LogP contribution in [0, 0.1) is 16.7 Å². The number of unbranched alkanes of at least 4 members (excludes halogenated alkanes) is 3. The standard InChI is InChI=1S/C12H26N2O2.C8H16N2O2.C6H12O.C4H10N2O.C3H8.2C2H6/c1-11(2,6-13-5)8-16-9-12(3,4)7-14-10-15;1-6(2)7(9-3)8(12)10-4-5-11;1-2-3-4-5-6-7;1-2-3-6-4(5)7;1-3-2;2*1-2/h10,13H,6-9H2,1-5H3,(H,14,15);5-7,9H,4H2,1-3H3,(H,10,12);6H,2-5H2,1H3;2-3H2,1H3,(H3,5,6,7);3H2,1-2H3;2*1-2H3. The van der Waals surface area contributed by atoms with E-state index in [9.17, 15) is 24.0 Å². The lowest BCUT2D eigenvalue weighted by Gasteiger charge is -2.28. The van der Waals surface area contributed by atoms with Gasteiger partial charge in [-0.1, -0.05) is 116 Å². The maximum Gasteiger partial charge on any atom is 0.312 e. The predicted molar refractivity (Wildman–Crippen MR) is 210 cm³/mol. The number of nitrogens with two attached hydrogens (primary N) is 1. The second kappa shape index (κ2) is 49.8. The van der Waals surface area contributed by atoms with Gasteiger partial charge >= 0.3 is 6.03 Å². The number of rotatable bonds is 20. The Kier molecular flexibility index (Phi) is 62.7. The highest BCUT2D eigenvalue weighted by Crippen LogP contribution is 2.18. The first kappa shape index (κ1) is 61.6. The average molecular weight is 709 g/mol. The summed E-state index contributed by atoms with van der Waals surface area (Å²) in [6, 6.07) is -0.660. The summed E-state index contributed by atoms with van der Waals surface area (Å²) >= 11 is 0. The van der Waals surface area contributed by atoms with Gasteiger partial charge in [-0.2, -0.15) is 0 Å². The van der Waals surface area contributed by atoms with Crippen LogP contribution in [0.1, 0.15) is 135 Å². The molecule has 0 spiro atoms. The predicted octanol–water partition coefficient (Wildman–Crippen LogP) is 5.87. The van der Waals surface area contributed by atoms with Crippen LogP contribution in [0.5, 0.6) is 0 Å². The second-order valence-electron chi connectivity index (χ2n) is 12.4. The molecule has 0 aliphatic heterocycles. The molecule has 1 atom stereocenters. The van der Waals surface area contributed by atoms with Gasteiger partial charge in [0.2, 0.25) is 12.3 Å². The molecule has 0 heterocycles. The lowest BCUT2D eigenvalue weighted by molar-refractivity contribution is -0.125. The van der Waals surface area contributed by atoms with Crippen LogP contribution >= 0.6 is 0 Å². The van der Waals surface area contributed by atoms with Crippen LogP contribution in [0.25, 0.3) is 0 Å². The summed E-state index contributed by atoms with van der Waals surface area (Å²) in [6.45, 7) is 32.4. The third-order valence-electron chi connectivity index (χ3n) is 5.40. The van der Waals surface area contributed by atoms with Crippen LogP contribution in [0.3, 0.4) is 0 Å². The van der Waals surface area contributed by atoms with Crippen LogP contribution in [-0.4, -0.2) is 90.5 Å². The molecule has 4 amide bonds. The minimum atomic E-state index is -0.443. The van der Waals surface area contributed by atoms with Crippen molar-refractivity contribution < 1.29 is 28.7 Å². The molecule has 298 valence electrons. The Balaban J connectivity index is -0.0000000944. The van der Waals surface area contributed by atoms with Crippen LogP contribution in [-0.2, 0) is 23.9 Å². The molecule has 0 radical (unpaired) electrons. The van der Waals surface area contributed by atoms with Crippen LogP contribution in [0.4, 0.5) is 4.79 Å². The third kappa shape index (κ3) is 64.6. The van der Waals surface area contributed by atoms with E-state index in [1.54, 1.807) is 7.05 Å². The molecule has 0 aromatic rings. The van der Waals surface area contributed by atoms with Crippen LogP contribution < -0.4 is 32.3 Å². The molecule has 1 unspecified atom stereocenters. The zero-order valence-corrected chi connectivity index (χ0v) is 34.9. The summed E-state index contributed by atoms with van der Waals surface area (Å²) in [6.07, 6.45) is 8.77. The van der Waals surface area contributed by atoms with Crippen LogP contribution in [0.15, 0.2) is 0 Å². The topological polar surface area (TPSA) is 181 Å². The number of primary amides is 1. The van der Waals surface area contributed by atoms with Gasteiger partial charge in [0.1, 0.15) is 12.6 Å². The number of carbonyl (C=O) groups is 5. The summed E-state index contributed by atoms with van der Waals surface area (Å²) in [5, 5.41) is 13.7. The molecule has 0 aromatic heterocycles. The van der Waals surface area contributed by atoms with E-state index in [4.69, 9.17) is 10.5 Å². The van der Waals surface area contributed by atoms with Crippen molar-refractivity contribution in [1.29, 1.82) is 0 Å². The number of likely N-dealkylation sites (N-methyl/N-ethyl adjacent to an activating group) is 1. The SMILES string of the molecule is CC.CC.CCC.CCCCCC=O.CCCNC(N)=O.CNC(C(=O)NCC=O)C(C)C.CNCC(C)(C)COCC(C)(C)CNC=O. The average Bonchev–Trinajstić information content (AvgIpc) is 3.05. The van der Waals surface area contributed by atoms with Crippen molar-refractivity contribution in [2.75, 3.05) is 53.5 Å². The first-order valence-corrected chi connectivity index (χ1v) is 18.3. The molecule has 7 N–H and O–H groups in total. The van der Waals surface area contributed by atoms with Crippen molar-refractivity contribution in [1.82, 2.24) is 26.6 Å². The van der Waals surface area contributed by atoms with E-state index < -0.39 is 6.03 Å². The number of urea groups is 1. The molecule has 0 saturated heterocycles. The van der Waals surface area contributed by atoms with Gasteiger partial charge in [-0.3, -0.25) is 9.59 Å². The molecule has 0 aliphatic carbocycles. The van der Waals surface area contributed by atoms with Gasteiger partial charge in [-0.05, 0) is 32.9 Å². The summed E-state index contributed by atoms with van der Waals surface area (Å²) < 4.78 is 5.72. The summed E-state index contributed by atoms with van der Waals surface area (Å²) in [4.78, 5) is 51.0. The molecule has 0 aliphatic rings. The Hall–Kier alpha value is -2.57. The normalized spacial score (nSPS) is 10.2. The molecule has 12 nitrogen and oxygen atoms in total. The fourth-order valence-electron chi connectivity index (χ4n) is 3.25. The maximum absolute atomic E-state index is 11.2. The Morgan fingerprint density at radius 2 is 1.27 bits per heavy atom. The Bertz CT molecular complexity index is 692. The monoisotopic (exact) mass is 709 g/mol. The maximum atomic E-state index is 11.2. The van der Waals surface area contributed by atoms with Crippen molar-refractivity contribution in [3.63, 3.8) is 0 Å². The molecule has 49 heavy (non-hydrogen) atoms. The lowest BCUT2D eigenvalue weighted by atomic mass is 9.93. The first-order valence-electron chi connectivity index (χ1n) is 18.3. The zero-order valence-electron chi connectivity index (χ0n) is 34.9. The number of aldehydes is 2. The minimum Gasteiger partial charge on any atom is -0.380 e. The van der Waals surface area contributed by atoms with E-state index in [1.165, 1.54) is 19.3 Å². The summed E-state index contributed by atoms with van der Waals surface area (Å²) in [5.41, 5.74) is 4.85. The zero-order chi connectivity index (χ0) is 40.2. The molecule has 0 aromatic carbocycles. The van der Waals surface area contributed by atoms with E-state index in [2.05, 4.69) is 75.1 Å². The van der Waals surface area contributed by atoms with Crippen molar-refractivity contribution in [2.24, 2.45) is 22.5 Å². The largest absolute Gasteiger partial charge is 0.380 e. The fraction of sp³-hybridized carbons (Fsp3) is 0.865. The number of carbonyl (C=O) groups excluding carboxylic acids is 5. The van der Waals surface area contributed by atoms with E-state index in [1.807, 2.05) is 55.5 Å². The van der Waals surface area contributed by atoms with Crippen LogP contribution in [0.2, 0.25) is 0 Å². The van der Waals surface area contributed by atoms with E-state index in [-0.39, 0.29) is 35.2 Å². The highest BCUT2D eigenvalue weighted by molar-refractivity contribution is 5.83. The molecule has 12 heteroatoms. The lowest BCUT2D eigenvalue weighted by Crippen LogP contribution is -2.46. The minimum absolute atomic E-state index is 0.0172. The van der Waals surface area contributed by atoms with Crippen molar-refractivity contribution in [3.05, 3.63) is 0 Å². The quantitative estimate of drug-likeness (QED) is 0.0672. The van der Waals surface area contributed by atoms with E-state index >= 15 is 0 Å². The molecule has 0 rings (SSSR count). The first-order chi connectivity index (χ1) is 23.1. The molecular weight excluding hydrogens is 624 g/mol. The number of nitrogens with one attached hydrogen (secondary N) is 5. The summed E-state index contributed by atoms with van der Waals surface area (Å²) in [7, 11) is 3.67.